The van der Waals surface area contributed by atoms with Gasteiger partial charge >= 0.3 is 5.69 Å². The van der Waals surface area contributed by atoms with Gasteiger partial charge in [-0.25, -0.2) is 18.6 Å². The van der Waals surface area contributed by atoms with Crippen LogP contribution in [0.15, 0.2) is 41.5 Å². The van der Waals surface area contributed by atoms with Gasteiger partial charge in [0.15, 0.2) is 0 Å². The highest BCUT2D eigenvalue weighted by molar-refractivity contribution is 5.94. The lowest BCUT2D eigenvalue weighted by atomic mass is 9.95. The fraction of sp³-hybridized carbons (Fsp3) is 0.419. The molecule has 5 aromatic rings. The van der Waals surface area contributed by atoms with Gasteiger partial charge in [-0.15, -0.1) is 0 Å². The molecule has 3 aromatic heterocycles. The van der Waals surface area contributed by atoms with Crippen molar-refractivity contribution in [1.29, 1.82) is 0 Å². The number of amides is 1. The van der Waals surface area contributed by atoms with Gasteiger partial charge in [0, 0.05) is 77.0 Å². The van der Waals surface area contributed by atoms with Crippen molar-refractivity contribution < 1.29 is 13.6 Å². The van der Waals surface area contributed by atoms with Crippen LogP contribution in [0.25, 0.3) is 38.9 Å². The van der Waals surface area contributed by atoms with E-state index in [0.29, 0.717) is 54.2 Å². The minimum absolute atomic E-state index is 0.0332. The van der Waals surface area contributed by atoms with Gasteiger partial charge in [-0.3, -0.25) is 23.2 Å². The van der Waals surface area contributed by atoms with Crippen molar-refractivity contribution in [3.8, 4) is 16.8 Å². The van der Waals surface area contributed by atoms with E-state index in [1.165, 1.54) is 6.07 Å². The molecule has 12 heteroatoms. The molecule has 0 N–H and O–H groups in total. The molecule has 2 aromatic carbocycles. The Kier molecular flexibility index (Phi) is 6.70. The summed E-state index contributed by atoms with van der Waals surface area (Å²) in [5, 5.41) is 4.19. The Morgan fingerprint density at radius 3 is 2.23 bits per heavy atom. The third kappa shape index (κ3) is 4.68. The van der Waals surface area contributed by atoms with E-state index in [0.717, 1.165) is 22.4 Å². The topological polar surface area (TPSA) is 86.1 Å². The summed E-state index contributed by atoms with van der Waals surface area (Å²) in [6, 6.07) is 7.19. The zero-order valence-corrected chi connectivity index (χ0v) is 25.5. The van der Waals surface area contributed by atoms with Crippen molar-refractivity contribution in [3.63, 3.8) is 0 Å². The van der Waals surface area contributed by atoms with E-state index in [2.05, 4.69) is 10.00 Å². The number of aryl methyl sites for hydroxylation is 3. The summed E-state index contributed by atoms with van der Waals surface area (Å²) in [5.74, 6) is 0.740. The van der Waals surface area contributed by atoms with Crippen molar-refractivity contribution in [2.45, 2.75) is 39.5 Å². The van der Waals surface area contributed by atoms with Crippen LogP contribution in [0.5, 0.6) is 0 Å². The second-order valence-corrected chi connectivity index (χ2v) is 12.4. The molecule has 1 fully saturated rings. The average molecular weight is 591 g/mol. The van der Waals surface area contributed by atoms with E-state index in [-0.39, 0.29) is 17.2 Å². The minimum Gasteiger partial charge on any atom is -0.366 e. The molecule has 1 amide bonds. The number of carbonyl (C=O) groups excluding carboxylic acids is 1. The van der Waals surface area contributed by atoms with Crippen molar-refractivity contribution >= 4 is 33.7 Å². The second-order valence-electron chi connectivity index (χ2n) is 12.4. The van der Waals surface area contributed by atoms with Crippen LogP contribution in [0.3, 0.4) is 0 Å². The van der Waals surface area contributed by atoms with Crippen molar-refractivity contribution in [3.05, 3.63) is 58.5 Å². The Bertz CT molecular complexity index is 1950. The molecule has 6 rings (SSSR count). The Morgan fingerprint density at radius 1 is 0.953 bits per heavy atom. The Hall–Kier alpha value is -4.48. The van der Waals surface area contributed by atoms with Crippen LogP contribution in [0.4, 0.5) is 14.5 Å². The third-order valence-electron chi connectivity index (χ3n) is 8.40. The quantitative estimate of drug-likeness (QED) is 0.307. The average Bonchev–Trinajstić information content (AvgIpc) is 3.63. The first kappa shape index (κ1) is 28.6. The fourth-order valence-corrected chi connectivity index (χ4v) is 6.14. The van der Waals surface area contributed by atoms with Gasteiger partial charge < -0.3 is 9.80 Å². The smallest absolute Gasteiger partial charge is 0.328 e. The highest BCUT2D eigenvalue weighted by atomic mass is 19.3. The van der Waals surface area contributed by atoms with Crippen LogP contribution in [0.2, 0.25) is 0 Å². The summed E-state index contributed by atoms with van der Waals surface area (Å²) in [6.45, 7) is 10.0. The molecule has 1 aliphatic rings. The molecule has 43 heavy (non-hydrogen) atoms. The number of hydrogen-bond donors (Lipinski definition) is 0. The first-order valence-corrected chi connectivity index (χ1v) is 14.3. The predicted octanol–water partition coefficient (Wildman–Crippen LogP) is 4.52. The first-order valence-electron chi connectivity index (χ1n) is 14.3. The molecule has 1 aliphatic heterocycles. The highest BCUT2D eigenvalue weighted by Crippen LogP contribution is 2.39. The van der Waals surface area contributed by atoms with Crippen molar-refractivity contribution in [2.24, 2.45) is 21.1 Å². The first-order chi connectivity index (χ1) is 20.3. The molecular formula is C31H36F2N8O2. The van der Waals surface area contributed by atoms with E-state index >= 15 is 0 Å². The molecule has 0 radical (unpaired) electrons. The summed E-state index contributed by atoms with van der Waals surface area (Å²) in [4.78, 5) is 34.2. The number of carbonyl (C=O) groups is 1. The maximum Gasteiger partial charge on any atom is 0.328 e. The normalized spacial score (nSPS) is 14.6. The van der Waals surface area contributed by atoms with Gasteiger partial charge in [0.25, 0.3) is 6.43 Å². The second kappa shape index (κ2) is 10.1. The van der Waals surface area contributed by atoms with Gasteiger partial charge in [0.05, 0.1) is 39.6 Å². The molecule has 0 atom stereocenters. The summed E-state index contributed by atoms with van der Waals surface area (Å²) in [7, 11) is 5.24. The lowest BCUT2D eigenvalue weighted by Gasteiger charge is -2.36. The van der Waals surface area contributed by atoms with Gasteiger partial charge in [-0.2, -0.15) is 5.10 Å². The largest absolute Gasteiger partial charge is 0.366 e. The fourth-order valence-electron chi connectivity index (χ4n) is 6.14. The van der Waals surface area contributed by atoms with Crippen LogP contribution >= 0.6 is 0 Å². The molecule has 4 heterocycles. The molecule has 10 nitrogen and oxygen atoms in total. The van der Waals surface area contributed by atoms with Gasteiger partial charge in [-0.1, -0.05) is 20.8 Å². The number of imidazole rings is 2. The molecule has 0 saturated carbocycles. The van der Waals surface area contributed by atoms with E-state index < -0.39 is 11.8 Å². The SMILES string of the molecule is CC(=O)N1CCN(c2cc(-n3c(C(C)(C)C)nc4cc(-c5cnn(C)c5)c(C(F)F)cc43)cc3c2n(C)c(=O)n3C)CC1. The number of aromatic nitrogens is 6. The van der Waals surface area contributed by atoms with E-state index in [1.54, 1.807) is 60.3 Å². The van der Waals surface area contributed by atoms with Crippen LogP contribution in [0.1, 0.15) is 45.5 Å². The van der Waals surface area contributed by atoms with Crippen LogP contribution in [-0.4, -0.2) is 65.5 Å². The van der Waals surface area contributed by atoms with E-state index in [1.807, 2.05) is 42.4 Å². The van der Waals surface area contributed by atoms with Gasteiger partial charge in [-0.05, 0) is 29.8 Å². The molecular weight excluding hydrogens is 554 g/mol. The minimum atomic E-state index is -2.72. The zero-order valence-electron chi connectivity index (χ0n) is 25.5. The van der Waals surface area contributed by atoms with Crippen LogP contribution in [0, 0.1) is 0 Å². The van der Waals surface area contributed by atoms with E-state index in [9.17, 15) is 18.4 Å². The summed E-state index contributed by atoms with van der Waals surface area (Å²) >= 11 is 0. The van der Waals surface area contributed by atoms with Gasteiger partial charge in [0.1, 0.15) is 5.82 Å². The third-order valence-corrected chi connectivity index (χ3v) is 8.40. The van der Waals surface area contributed by atoms with Crippen molar-refractivity contribution in [2.75, 3.05) is 31.1 Å². The van der Waals surface area contributed by atoms with Crippen LogP contribution in [-0.2, 0) is 31.4 Å². The highest BCUT2D eigenvalue weighted by Gasteiger charge is 2.29. The van der Waals surface area contributed by atoms with Crippen molar-refractivity contribution in [1.82, 2.24) is 33.4 Å². The molecule has 0 spiro atoms. The predicted molar refractivity (Wildman–Crippen MR) is 163 cm³/mol. The lowest BCUT2D eigenvalue weighted by molar-refractivity contribution is -0.129. The number of nitrogens with zero attached hydrogens (tertiary/aromatic N) is 8. The summed E-state index contributed by atoms with van der Waals surface area (Å²) in [6.07, 6.45) is 0.583. The maximum absolute atomic E-state index is 14.6. The number of hydrogen-bond acceptors (Lipinski definition) is 5. The zero-order chi connectivity index (χ0) is 31.0. The Balaban J connectivity index is 1.64. The number of fused-ring (bicyclic) bond motifs is 2. The number of rotatable bonds is 4. The molecule has 1 saturated heterocycles. The number of piperazine rings is 1. The number of anilines is 1. The molecule has 0 bridgehead atoms. The lowest BCUT2D eigenvalue weighted by Crippen LogP contribution is -2.48. The standard InChI is InChI=1S/C31H36F2N8O2/c1-18(42)39-8-10-40(11-9-39)26-13-20(12-25-27(26)38(7)30(43)37(25)6)41-24-15-22(28(32)33)21(19-16-34-36(5)17-19)14-23(24)35-29(41)31(2,3)4/h12-17,28H,8-11H2,1-7H3. The van der Waals surface area contributed by atoms with E-state index in [4.69, 9.17) is 4.98 Å². The number of benzene rings is 2. The van der Waals surface area contributed by atoms with Gasteiger partial charge in [0.2, 0.25) is 5.91 Å². The number of halogens is 2. The van der Waals surface area contributed by atoms with Crippen LogP contribution < -0.4 is 10.6 Å². The summed E-state index contributed by atoms with van der Waals surface area (Å²) in [5.41, 5.74) is 4.50. The monoisotopic (exact) mass is 590 g/mol. The molecule has 0 aliphatic carbocycles. The molecule has 0 unspecified atom stereocenters. The summed E-state index contributed by atoms with van der Waals surface area (Å²) < 4.78 is 36.0. The Morgan fingerprint density at radius 2 is 1.65 bits per heavy atom. The Labute approximate surface area is 247 Å². The molecule has 226 valence electrons. The number of alkyl halides is 2. The maximum atomic E-state index is 14.6.